The predicted octanol–water partition coefficient (Wildman–Crippen LogP) is 3.08. The van der Waals surface area contributed by atoms with Crippen LogP contribution in [-0.2, 0) is 0 Å². The van der Waals surface area contributed by atoms with Gasteiger partial charge in [-0.15, -0.1) is 5.10 Å². The van der Waals surface area contributed by atoms with E-state index in [2.05, 4.69) is 10.3 Å². The number of hydrogen-bond donors (Lipinski definition) is 1. The van der Waals surface area contributed by atoms with E-state index in [1.165, 1.54) is 12.1 Å². The first-order valence-corrected chi connectivity index (χ1v) is 6.29. The van der Waals surface area contributed by atoms with Gasteiger partial charge in [-0.05, 0) is 42.8 Å². The molecule has 0 spiro atoms. The van der Waals surface area contributed by atoms with Gasteiger partial charge >= 0.3 is 5.97 Å². The maximum atomic E-state index is 11.0. The quantitative estimate of drug-likeness (QED) is 0.786. The van der Waals surface area contributed by atoms with Crippen LogP contribution in [0.5, 0.6) is 0 Å². The van der Waals surface area contributed by atoms with Gasteiger partial charge in [0.1, 0.15) is 5.52 Å². The van der Waals surface area contributed by atoms with Crippen LogP contribution < -0.4 is 0 Å². The van der Waals surface area contributed by atoms with Crippen molar-refractivity contribution >= 4 is 28.6 Å². The standard InChI is InChI=1S/C14H10ClN3O2/c1-8-2-5-12(10(15)6-8)18-13-7-9(14(19)20)3-4-11(13)16-17-18/h2-7H,1H3,(H,19,20). The van der Waals surface area contributed by atoms with Gasteiger partial charge in [0, 0.05) is 0 Å². The monoisotopic (exact) mass is 287 g/mol. The second kappa shape index (κ2) is 4.61. The summed E-state index contributed by atoms with van der Waals surface area (Å²) in [5.74, 6) is -0.991. The van der Waals surface area contributed by atoms with Crippen molar-refractivity contribution in [2.75, 3.05) is 0 Å². The van der Waals surface area contributed by atoms with Crippen LogP contribution in [-0.4, -0.2) is 26.1 Å². The molecule has 0 aliphatic rings. The van der Waals surface area contributed by atoms with Crippen molar-refractivity contribution < 1.29 is 9.90 Å². The zero-order valence-corrected chi connectivity index (χ0v) is 11.3. The highest BCUT2D eigenvalue weighted by molar-refractivity contribution is 6.32. The molecule has 0 bridgehead atoms. The molecule has 5 nitrogen and oxygen atoms in total. The van der Waals surface area contributed by atoms with Crippen LogP contribution in [0.25, 0.3) is 16.7 Å². The Balaban J connectivity index is 2.25. The summed E-state index contributed by atoms with van der Waals surface area (Å²) in [4.78, 5) is 11.0. The van der Waals surface area contributed by atoms with Crippen LogP contribution in [0.4, 0.5) is 0 Å². The molecule has 0 atom stereocenters. The first-order valence-electron chi connectivity index (χ1n) is 5.91. The van der Waals surface area contributed by atoms with Crippen molar-refractivity contribution in [2.45, 2.75) is 6.92 Å². The maximum Gasteiger partial charge on any atom is 0.335 e. The minimum Gasteiger partial charge on any atom is -0.478 e. The minimum absolute atomic E-state index is 0.185. The number of aromatic nitrogens is 3. The van der Waals surface area contributed by atoms with Gasteiger partial charge in [-0.3, -0.25) is 0 Å². The summed E-state index contributed by atoms with van der Waals surface area (Å²) in [5, 5.41) is 17.7. The van der Waals surface area contributed by atoms with Gasteiger partial charge < -0.3 is 5.11 Å². The molecule has 3 aromatic rings. The number of carbonyl (C=O) groups is 1. The van der Waals surface area contributed by atoms with E-state index in [0.29, 0.717) is 21.7 Å². The number of hydrogen-bond acceptors (Lipinski definition) is 3. The number of fused-ring (bicyclic) bond motifs is 1. The minimum atomic E-state index is -0.991. The van der Waals surface area contributed by atoms with Crippen molar-refractivity contribution in [1.29, 1.82) is 0 Å². The molecule has 1 aromatic heterocycles. The normalized spacial score (nSPS) is 10.9. The van der Waals surface area contributed by atoms with Crippen molar-refractivity contribution in [3.05, 3.63) is 52.5 Å². The largest absolute Gasteiger partial charge is 0.478 e. The lowest BCUT2D eigenvalue weighted by molar-refractivity contribution is 0.0697. The highest BCUT2D eigenvalue weighted by atomic mass is 35.5. The average molecular weight is 288 g/mol. The molecule has 20 heavy (non-hydrogen) atoms. The number of benzene rings is 2. The van der Waals surface area contributed by atoms with Crippen molar-refractivity contribution in [2.24, 2.45) is 0 Å². The van der Waals surface area contributed by atoms with Crippen LogP contribution in [0.1, 0.15) is 15.9 Å². The van der Waals surface area contributed by atoms with Gasteiger partial charge in [-0.1, -0.05) is 22.9 Å². The van der Waals surface area contributed by atoms with E-state index in [-0.39, 0.29) is 5.56 Å². The fourth-order valence-electron chi connectivity index (χ4n) is 2.01. The van der Waals surface area contributed by atoms with Gasteiger partial charge in [-0.2, -0.15) is 0 Å². The highest BCUT2D eigenvalue weighted by Crippen LogP contribution is 2.24. The van der Waals surface area contributed by atoms with E-state index in [1.807, 2.05) is 25.1 Å². The zero-order valence-electron chi connectivity index (χ0n) is 10.5. The molecular weight excluding hydrogens is 278 g/mol. The second-order valence-corrected chi connectivity index (χ2v) is 4.87. The van der Waals surface area contributed by atoms with Gasteiger partial charge in [0.2, 0.25) is 0 Å². The van der Waals surface area contributed by atoms with Gasteiger partial charge in [0.15, 0.2) is 0 Å². The van der Waals surface area contributed by atoms with Crippen molar-refractivity contribution in [1.82, 2.24) is 15.0 Å². The van der Waals surface area contributed by atoms with E-state index in [4.69, 9.17) is 16.7 Å². The van der Waals surface area contributed by atoms with Crippen LogP contribution in [0.15, 0.2) is 36.4 Å². The van der Waals surface area contributed by atoms with E-state index >= 15 is 0 Å². The van der Waals surface area contributed by atoms with E-state index in [0.717, 1.165) is 5.56 Å². The molecule has 0 amide bonds. The third kappa shape index (κ3) is 2.02. The number of rotatable bonds is 2. The third-order valence-electron chi connectivity index (χ3n) is 3.02. The van der Waals surface area contributed by atoms with Crippen LogP contribution in [0.2, 0.25) is 5.02 Å². The predicted molar refractivity (Wildman–Crippen MR) is 75.6 cm³/mol. The molecule has 6 heteroatoms. The smallest absolute Gasteiger partial charge is 0.335 e. The summed E-state index contributed by atoms with van der Waals surface area (Å²) in [6.07, 6.45) is 0. The Morgan fingerprint density at radius 3 is 2.75 bits per heavy atom. The molecule has 100 valence electrons. The van der Waals surface area contributed by atoms with E-state index < -0.39 is 5.97 Å². The Kier molecular flexibility index (Phi) is 2.91. The lowest BCUT2D eigenvalue weighted by atomic mass is 10.2. The Hall–Kier alpha value is -2.40. The molecule has 0 fully saturated rings. The molecule has 0 unspecified atom stereocenters. The maximum absolute atomic E-state index is 11.0. The lowest BCUT2D eigenvalue weighted by Gasteiger charge is -2.06. The molecule has 0 saturated carbocycles. The van der Waals surface area contributed by atoms with Gasteiger partial charge in [0.25, 0.3) is 0 Å². The highest BCUT2D eigenvalue weighted by Gasteiger charge is 2.12. The first kappa shape index (κ1) is 12.6. The van der Waals surface area contributed by atoms with Gasteiger partial charge in [0.05, 0.1) is 21.8 Å². The number of halogens is 1. The number of aryl methyl sites for hydroxylation is 1. The van der Waals surface area contributed by atoms with Crippen LogP contribution in [0.3, 0.4) is 0 Å². The fourth-order valence-corrected chi connectivity index (χ4v) is 2.33. The molecule has 2 aromatic carbocycles. The van der Waals surface area contributed by atoms with E-state index in [1.54, 1.807) is 10.7 Å². The number of nitrogens with zero attached hydrogens (tertiary/aromatic N) is 3. The molecule has 0 radical (unpaired) electrons. The molecule has 3 rings (SSSR count). The molecular formula is C14H10ClN3O2. The Morgan fingerprint density at radius 1 is 1.25 bits per heavy atom. The van der Waals surface area contributed by atoms with Crippen molar-refractivity contribution in [3.63, 3.8) is 0 Å². The van der Waals surface area contributed by atoms with E-state index in [9.17, 15) is 4.79 Å². The zero-order chi connectivity index (χ0) is 14.3. The molecule has 1 heterocycles. The third-order valence-corrected chi connectivity index (χ3v) is 3.33. The summed E-state index contributed by atoms with van der Waals surface area (Å²) in [6, 6.07) is 10.2. The fraction of sp³-hybridized carbons (Fsp3) is 0.0714. The Bertz CT molecular complexity index is 826. The molecule has 1 N–H and O–H groups in total. The number of carboxylic acid groups (broad SMARTS) is 1. The lowest BCUT2D eigenvalue weighted by Crippen LogP contribution is -2.00. The Labute approximate surface area is 119 Å². The summed E-state index contributed by atoms with van der Waals surface area (Å²) >= 11 is 6.22. The first-order chi connectivity index (χ1) is 9.56. The topological polar surface area (TPSA) is 68.0 Å². The SMILES string of the molecule is Cc1ccc(-n2nnc3ccc(C(=O)O)cc32)c(Cl)c1. The molecule has 0 aliphatic heterocycles. The second-order valence-electron chi connectivity index (χ2n) is 4.46. The number of carboxylic acids is 1. The summed E-state index contributed by atoms with van der Waals surface area (Å²) in [5.41, 5.74) is 3.11. The van der Waals surface area contributed by atoms with Crippen molar-refractivity contribution in [3.8, 4) is 5.69 Å². The Morgan fingerprint density at radius 2 is 2.05 bits per heavy atom. The molecule has 0 aliphatic carbocycles. The average Bonchev–Trinajstić information content (AvgIpc) is 2.81. The van der Waals surface area contributed by atoms with Crippen LogP contribution >= 0.6 is 11.6 Å². The van der Waals surface area contributed by atoms with Crippen LogP contribution in [0, 0.1) is 6.92 Å². The van der Waals surface area contributed by atoms with Gasteiger partial charge in [-0.25, -0.2) is 9.48 Å². The number of aromatic carboxylic acids is 1. The summed E-state index contributed by atoms with van der Waals surface area (Å²) in [6.45, 7) is 1.94. The summed E-state index contributed by atoms with van der Waals surface area (Å²) < 4.78 is 1.55. The molecule has 0 saturated heterocycles. The summed E-state index contributed by atoms with van der Waals surface area (Å²) in [7, 11) is 0.